The molecule has 0 saturated carbocycles. The molecule has 124 valence electrons. The highest BCUT2D eigenvalue weighted by Crippen LogP contribution is 2.10. The Balaban J connectivity index is 1.92. The van der Waals surface area contributed by atoms with E-state index in [1.807, 2.05) is 17.0 Å². The van der Waals surface area contributed by atoms with Gasteiger partial charge in [0.25, 0.3) is 6.20 Å². The van der Waals surface area contributed by atoms with E-state index in [-0.39, 0.29) is 0 Å². The maximum absolute atomic E-state index is 10.6. The SMILES string of the molecule is C=CCN(CCN1CCN/C1=C\[N+](=O)[O-])Cc1ccc(Cl)nc1. The Kier molecular flexibility index (Phi) is 6.37. The number of rotatable bonds is 8. The van der Waals surface area contributed by atoms with Gasteiger partial charge in [0.1, 0.15) is 5.15 Å². The minimum absolute atomic E-state index is 0.429. The highest BCUT2D eigenvalue weighted by atomic mass is 35.5. The summed E-state index contributed by atoms with van der Waals surface area (Å²) in [5, 5.41) is 14.1. The average Bonchev–Trinajstić information content (AvgIpc) is 2.94. The third kappa shape index (κ3) is 5.54. The Morgan fingerprint density at radius 1 is 1.57 bits per heavy atom. The fraction of sp³-hybridized carbons (Fsp3) is 0.400. The van der Waals surface area contributed by atoms with Gasteiger partial charge in [-0.15, -0.1) is 6.58 Å². The van der Waals surface area contributed by atoms with Crippen molar-refractivity contribution in [1.29, 1.82) is 0 Å². The van der Waals surface area contributed by atoms with Crippen molar-refractivity contribution < 1.29 is 4.92 Å². The molecule has 1 aliphatic rings. The van der Waals surface area contributed by atoms with Crippen molar-refractivity contribution in [2.75, 3.05) is 32.7 Å². The number of nitro groups is 1. The Morgan fingerprint density at radius 2 is 2.39 bits per heavy atom. The van der Waals surface area contributed by atoms with Gasteiger partial charge in [-0.3, -0.25) is 15.0 Å². The van der Waals surface area contributed by atoms with Crippen LogP contribution >= 0.6 is 11.6 Å². The lowest BCUT2D eigenvalue weighted by molar-refractivity contribution is -0.404. The van der Waals surface area contributed by atoms with Crippen molar-refractivity contribution in [2.45, 2.75) is 6.54 Å². The second kappa shape index (κ2) is 8.50. The lowest BCUT2D eigenvalue weighted by Crippen LogP contribution is -2.34. The molecule has 0 unspecified atom stereocenters. The third-order valence-electron chi connectivity index (χ3n) is 3.52. The van der Waals surface area contributed by atoms with Crippen LogP contribution in [0.2, 0.25) is 5.15 Å². The summed E-state index contributed by atoms with van der Waals surface area (Å²) in [6.07, 6.45) is 4.63. The van der Waals surface area contributed by atoms with E-state index < -0.39 is 4.92 Å². The van der Waals surface area contributed by atoms with E-state index in [2.05, 4.69) is 21.8 Å². The monoisotopic (exact) mass is 337 g/mol. The van der Waals surface area contributed by atoms with E-state index in [4.69, 9.17) is 11.6 Å². The van der Waals surface area contributed by atoms with Crippen LogP contribution in [0.5, 0.6) is 0 Å². The molecule has 23 heavy (non-hydrogen) atoms. The van der Waals surface area contributed by atoms with Crippen LogP contribution in [-0.2, 0) is 6.54 Å². The van der Waals surface area contributed by atoms with Crippen LogP contribution in [0.15, 0.2) is 43.0 Å². The van der Waals surface area contributed by atoms with Gasteiger partial charge in [0.2, 0.25) is 0 Å². The first-order chi connectivity index (χ1) is 11.1. The van der Waals surface area contributed by atoms with Crippen molar-refractivity contribution in [1.82, 2.24) is 20.1 Å². The zero-order chi connectivity index (χ0) is 16.7. The second-order valence-corrected chi connectivity index (χ2v) is 5.61. The molecule has 1 aromatic rings. The summed E-state index contributed by atoms with van der Waals surface area (Å²) < 4.78 is 0. The predicted octanol–water partition coefficient (Wildman–Crippen LogP) is 1.70. The molecule has 1 aromatic heterocycles. The molecule has 0 radical (unpaired) electrons. The molecule has 2 heterocycles. The molecule has 7 nitrogen and oxygen atoms in total. The van der Waals surface area contributed by atoms with Gasteiger partial charge in [-0.1, -0.05) is 23.7 Å². The van der Waals surface area contributed by atoms with Crippen molar-refractivity contribution in [3.8, 4) is 0 Å². The molecule has 1 aliphatic heterocycles. The van der Waals surface area contributed by atoms with Crippen molar-refractivity contribution in [3.63, 3.8) is 0 Å². The van der Waals surface area contributed by atoms with Crippen molar-refractivity contribution >= 4 is 11.6 Å². The summed E-state index contributed by atoms with van der Waals surface area (Å²) in [5.41, 5.74) is 1.07. The molecule has 1 N–H and O–H groups in total. The molecule has 8 heteroatoms. The van der Waals surface area contributed by atoms with Crippen LogP contribution in [0.25, 0.3) is 0 Å². The van der Waals surface area contributed by atoms with Crippen LogP contribution < -0.4 is 5.32 Å². The third-order valence-corrected chi connectivity index (χ3v) is 3.75. The van der Waals surface area contributed by atoms with Crippen LogP contribution in [0, 0.1) is 10.1 Å². The summed E-state index contributed by atoms with van der Waals surface area (Å²) in [6, 6.07) is 3.71. The quantitative estimate of drug-likeness (QED) is 0.337. The topological polar surface area (TPSA) is 74.5 Å². The first kappa shape index (κ1) is 17.2. The zero-order valence-corrected chi connectivity index (χ0v) is 13.6. The van der Waals surface area contributed by atoms with Crippen LogP contribution in [0.1, 0.15) is 5.56 Å². The number of nitrogens with one attached hydrogen (secondary N) is 1. The predicted molar refractivity (Wildman–Crippen MR) is 89.4 cm³/mol. The number of halogens is 1. The Morgan fingerprint density at radius 3 is 3.04 bits per heavy atom. The lowest BCUT2D eigenvalue weighted by atomic mass is 10.2. The summed E-state index contributed by atoms with van der Waals surface area (Å²) in [7, 11) is 0. The van der Waals surface area contributed by atoms with Crippen molar-refractivity contribution in [2.24, 2.45) is 0 Å². The number of hydrogen-bond donors (Lipinski definition) is 1. The zero-order valence-electron chi connectivity index (χ0n) is 12.8. The van der Waals surface area contributed by atoms with Gasteiger partial charge in [-0.2, -0.15) is 0 Å². The van der Waals surface area contributed by atoms with Gasteiger partial charge in [0.15, 0.2) is 5.82 Å². The first-order valence-electron chi connectivity index (χ1n) is 7.36. The summed E-state index contributed by atoms with van der Waals surface area (Å²) in [5.74, 6) is 0.571. The first-order valence-corrected chi connectivity index (χ1v) is 7.74. The molecule has 0 atom stereocenters. The van der Waals surface area contributed by atoms with Crippen LogP contribution in [0.4, 0.5) is 0 Å². The maximum Gasteiger partial charge on any atom is 0.274 e. The lowest BCUT2D eigenvalue weighted by Gasteiger charge is -2.24. The van der Waals surface area contributed by atoms with E-state index in [0.717, 1.165) is 44.5 Å². The normalized spacial score (nSPS) is 15.9. The molecule has 0 aromatic carbocycles. The Labute approximate surface area is 140 Å². The minimum Gasteiger partial charge on any atom is -0.365 e. The summed E-state index contributed by atoms with van der Waals surface area (Å²) >= 11 is 5.80. The van der Waals surface area contributed by atoms with Gasteiger partial charge < -0.3 is 10.2 Å². The largest absolute Gasteiger partial charge is 0.365 e. The molecule has 2 rings (SSSR count). The number of hydrogen-bond acceptors (Lipinski definition) is 6. The highest BCUT2D eigenvalue weighted by Gasteiger charge is 2.19. The fourth-order valence-corrected chi connectivity index (χ4v) is 2.56. The second-order valence-electron chi connectivity index (χ2n) is 5.23. The molecule has 1 saturated heterocycles. The molecule has 0 amide bonds. The number of nitrogens with zero attached hydrogens (tertiary/aromatic N) is 4. The van der Waals surface area contributed by atoms with Crippen LogP contribution in [0.3, 0.4) is 0 Å². The van der Waals surface area contributed by atoms with E-state index in [1.54, 1.807) is 12.3 Å². The van der Waals surface area contributed by atoms with Gasteiger partial charge in [0, 0.05) is 45.5 Å². The maximum atomic E-state index is 10.6. The van der Waals surface area contributed by atoms with Gasteiger partial charge in [0.05, 0.1) is 4.92 Å². The van der Waals surface area contributed by atoms with E-state index >= 15 is 0 Å². The molecule has 0 spiro atoms. The summed E-state index contributed by atoms with van der Waals surface area (Å²) in [6.45, 7) is 8.22. The van der Waals surface area contributed by atoms with Crippen molar-refractivity contribution in [3.05, 3.63) is 63.8 Å². The highest BCUT2D eigenvalue weighted by molar-refractivity contribution is 6.29. The van der Waals surface area contributed by atoms with Gasteiger partial charge in [-0.25, -0.2) is 4.98 Å². The van der Waals surface area contributed by atoms with E-state index in [9.17, 15) is 10.1 Å². The Bertz CT molecular complexity index is 576. The van der Waals surface area contributed by atoms with Crippen LogP contribution in [-0.4, -0.2) is 52.4 Å². The smallest absolute Gasteiger partial charge is 0.274 e. The molecule has 0 bridgehead atoms. The number of aromatic nitrogens is 1. The standard InChI is InChI=1S/C15H20ClN5O2/c1-2-6-19(11-13-3-4-14(16)18-10-13)8-9-20-7-5-17-15(20)12-21(22)23/h2-4,10,12,17H,1,5-9,11H2/b15-12+. The van der Waals surface area contributed by atoms with Gasteiger partial charge >= 0.3 is 0 Å². The molecular weight excluding hydrogens is 318 g/mol. The molecular formula is C15H20ClN5O2. The van der Waals surface area contributed by atoms with E-state index in [1.165, 1.54) is 0 Å². The average molecular weight is 338 g/mol. The Hall–Kier alpha value is -2.12. The fourth-order valence-electron chi connectivity index (χ4n) is 2.45. The van der Waals surface area contributed by atoms with E-state index in [0.29, 0.717) is 17.5 Å². The number of pyridine rings is 1. The van der Waals surface area contributed by atoms with Gasteiger partial charge in [-0.05, 0) is 11.6 Å². The molecule has 0 aliphatic carbocycles. The minimum atomic E-state index is -0.429. The summed E-state index contributed by atoms with van der Waals surface area (Å²) in [4.78, 5) is 18.5. The molecule has 1 fully saturated rings.